The number of esters is 1. The van der Waals surface area contributed by atoms with Crippen LogP contribution in [0.3, 0.4) is 0 Å². The summed E-state index contributed by atoms with van der Waals surface area (Å²) in [5, 5.41) is 0. The minimum absolute atomic E-state index is 0.168. The van der Waals surface area contributed by atoms with E-state index >= 15 is 0 Å². The Kier molecular flexibility index (Phi) is 6.35. The molecule has 6 nitrogen and oxygen atoms in total. The van der Waals surface area contributed by atoms with Gasteiger partial charge >= 0.3 is 12.1 Å². The van der Waals surface area contributed by atoms with Gasteiger partial charge in [-0.3, -0.25) is 4.79 Å². The maximum absolute atomic E-state index is 13.0. The van der Waals surface area contributed by atoms with Gasteiger partial charge in [0.2, 0.25) is 5.91 Å². The van der Waals surface area contributed by atoms with Crippen LogP contribution in [0.15, 0.2) is 25.3 Å². The predicted molar refractivity (Wildman–Crippen MR) is 90.2 cm³/mol. The molecule has 0 radical (unpaired) electrons. The van der Waals surface area contributed by atoms with Crippen LogP contribution in [0.4, 0.5) is 4.79 Å². The molecule has 6 heteroatoms. The van der Waals surface area contributed by atoms with Gasteiger partial charge in [0, 0.05) is 0 Å². The monoisotopic (exact) mass is 337 g/mol. The van der Waals surface area contributed by atoms with E-state index in [1.54, 1.807) is 39.8 Å². The lowest BCUT2D eigenvalue weighted by Gasteiger charge is -2.27. The quantitative estimate of drug-likeness (QED) is 0.549. The van der Waals surface area contributed by atoms with E-state index in [0.29, 0.717) is 12.8 Å². The SMILES string of the molecule is C=CCC1(CC=C)C[C@@H](C(=O)OCC)N(C(=O)OC(C)(C)C)C1=O. The van der Waals surface area contributed by atoms with Crippen molar-refractivity contribution < 1.29 is 23.9 Å². The average Bonchev–Trinajstić information content (AvgIpc) is 2.72. The Morgan fingerprint density at radius 1 is 1.29 bits per heavy atom. The van der Waals surface area contributed by atoms with Gasteiger partial charge in [-0.15, -0.1) is 13.2 Å². The van der Waals surface area contributed by atoms with Crippen molar-refractivity contribution in [2.45, 2.75) is 58.6 Å². The van der Waals surface area contributed by atoms with Gasteiger partial charge < -0.3 is 9.47 Å². The van der Waals surface area contributed by atoms with Gasteiger partial charge in [0.05, 0.1) is 12.0 Å². The molecule has 0 N–H and O–H groups in total. The Hall–Kier alpha value is -2.11. The van der Waals surface area contributed by atoms with Gasteiger partial charge in [0.15, 0.2) is 0 Å². The van der Waals surface area contributed by atoms with Crippen LogP contribution in [-0.4, -0.2) is 41.1 Å². The molecule has 1 heterocycles. The van der Waals surface area contributed by atoms with Crippen molar-refractivity contribution in [1.82, 2.24) is 4.90 Å². The lowest BCUT2D eigenvalue weighted by atomic mass is 9.78. The molecular formula is C18H27NO5. The fourth-order valence-electron chi connectivity index (χ4n) is 2.87. The molecule has 0 aromatic carbocycles. The molecule has 0 bridgehead atoms. The maximum atomic E-state index is 13.0. The van der Waals surface area contributed by atoms with Gasteiger partial charge in [-0.25, -0.2) is 14.5 Å². The van der Waals surface area contributed by atoms with Crippen LogP contribution < -0.4 is 0 Å². The third kappa shape index (κ3) is 4.24. The Morgan fingerprint density at radius 2 is 1.83 bits per heavy atom. The van der Waals surface area contributed by atoms with Crippen molar-refractivity contribution in [3.8, 4) is 0 Å². The Morgan fingerprint density at radius 3 is 2.25 bits per heavy atom. The molecule has 0 aromatic rings. The Balaban J connectivity index is 3.25. The van der Waals surface area contributed by atoms with Crippen LogP contribution in [0.1, 0.15) is 47.0 Å². The summed E-state index contributed by atoms with van der Waals surface area (Å²) in [6, 6.07) is -0.993. The topological polar surface area (TPSA) is 72.9 Å². The van der Waals surface area contributed by atoms with Crippen LogP contribution >= 0.6 is 0 Å². The predicted octanol–water partition coefficient (Wildman–Crippen LogP) is 3.22. The first kappa shape index (κ1) is 19.9. The number of carbonyl (C=O) groups is 3. The van der Waals surface area contributed by atoms with E-state index in [1.807, 2.05) is 0 Å². The normalized spacial score (nSPS) is 19.8. The van der Waals surface area contributed by atoms with E-state index in [9.17, 15) is 14.4 Å². The first-order valence-electron chi connectivity index (χ1n) is 8.07. The number of carbonyl (C=O) groups excluding carboxylic acids is 3. The minimum atomic E-state index is -0.993. The standard InChI is InChI=1S/C18H27NO5/c1-7-10-18(11-8-2)12-13(14(20)23-9-3)19(15(18)21)16(22)24-17(4,5)6/h7-8,13H,1-2,9-12H2,3-6H3/t13-/m0/s1. The molecule has 134 valence electrons. The summed E-state index contributed by atoms with van der Waals surface area (Å²) in [5.41, 5.74) is -1.70. The maximum Gasteiger partial charge on any atom is 0.417 e. The average molecular weight is 337 g/mol. The molecule has 0 saturated carbocycles. The summed E-state index contributed by atoms with van der Waals surface area (Å²) in [6.45, 7) is 14.3. The highest BCUT2D eigenvalue weighted by molar-refractivity contribution is 6.02. The Labute approximate surface area is 143 Å². The molecule has 0 aliphatic carbocycles. The first-order valence-corrected chi connectivity index (χ1v) is 8.07. The first-order chi connectivity index (χ1) is 11.1. The summed E-state index contributed by atoms with van der Waals surface area (Å²) in [7, 11) is 0. The van der Waals surface area contributed by atoms with Gasteiger partial charge in [-0.1, -0.05) is 12.2 Å². The molecule has 1 rings (SSSR count). The number of hydrogen-bond donors (Lipinski definition) is 0. The van der Waals surface area contributed by atoms with Crippen molar-refractivity contribution in [2.75, 3.05) is 6.61 Å². The highest BCUT2D eigenvalue weighted by atomic mass is 16.6. The second kappa shape index (κ2) is 7.64. The fraction of sp³-hybridized carbons (Fsp3) is 0.611. The van der Waals surface area contributed by atoms with E-state index in [4.69, 9.17) is 9.47 Å². The molecule has 1 aliphatic heterocycles. The molecule has 24 heavy (non-hydrogen) atoms. The number of amides is 2. The van der Waals surface area contributed by atoms with Gasteiger partial charge in [-0.2, -0.15) is 0 Å². The molecule has 2 amide bonds. The number of likely N-dealkylation sites (tertiary alicyclic amines) is 1. The fourth-order valence-corrected chi connectivity index (χ4v) is 2.87. The third-order valence-corrected chi connectivity index (χ3v) is 3.79. The van der Waals surface area contributed by atoms with Crippen LogP contribution in [0, 0.1) is 5.41 Å². The number of ether oxygens (including phenoxy) is 2. The smallest absolute Gasteiger partial charge is 0.417 e. The number of hydrogen-bond acceptors (Lipinski definition) is 5. The summed E-state index contributed by atoms with van der Waals surface area (Å²) < 4.78 is 10.3. The van der Waals surface area contributed by atoms with E-state index in [1.165, 1.54) is 0 Å². The number of allylic oxidation sites excluding steroid dienone is 2. The van der Waals surface area contributed by atoms with Crippen molar-refractivity contribution in [2.24, 2.45) is 5.41 Å². The van der Waals surface area contributed by atoms with Crippen LogP contribution in [-0.2, 0) is 19.1 Å². The highest BCUT2D eigenvalue weighted by Crippen LogP contribution is 2.43. The highest BCUT2D eigenvalue weighted by Gasteiger charge is 2.56. The summed E-state index contributed by atoms with van der Waals surface area (Å²) >= 11 is 0. The van der Waals surface area contributed by atoms with Crippen LogP contribution in [0.2, 0.25) is 0 Å². The molecule has 1 atom stereocenters. The van der Waals surface area contributed by atoms with Crippen LogP contribution in [0.5, 0.6) is 0 Å². The molecular weight excluding hydrogens is 310 g/mol. The van der Waals surface area contributed by atoms with Crippen molar-refractivity contribution in [3.05, 3.63) is 25.3 Å². The summed E-state index contributed by atoms with van der Waals surface area (Å²) in [5.74, 6) is -1.05. The lowest BCUT2D eigenvalue weighted by Crippen LogP contribution is -2.47. The molecule has 0 unspecified atom stereocenters. The number of nitrogens with zero attached hydrogens (tertiary/aromatic N) is 1. The van der Waals surface area contributed by atoms with E-state index < -0.39 is 35.0 Å². The summed E-state index contributed by atoms with van der Waals surface area (Å²) in [4.78, 5) is 38.7. The molecule has 0 spiro atoms. The zero-order valence-corrected chi connectivity index (χ0v) is 15.0. The van der Waals surface area contributed by atoms with Gasteiger partial charge in [0.1, 0.15) is 11.6 Å². The molecule has 1 fully saturated rings. The lowest BCUT2D eigenvalue weighted by molar-refractivity contribution is -0.151. The van der Waals surface area contributed by atoms with E-state index in [2.05, 4.69) is 13.2 Å². The Bertz CT molecular complexity index is 522. The third-order valence-electron chi connectivity index (χ3n) is 3.79. The minimum Gasteiger partial charge on any atom is -0.464 e. The van der Waals surface area contributed by atoms with Gasteiger partial charge in [0.25, 0.3) is 0 Å². The molecule has 1 aliphatic rings. The molecule has 0 aromatic heterocycles. The summed E-state index contributed by atoms with van der Waals surface area (Å²) in [6.07, 6.45) is 3.24. The largest absolute Gasteiger partial charge is 0.464 e. The number of imide groups is 1. The zero-order valence-electron chi connectivity index (χ0n) is 15.0. The van der Waals surface area contributed by atoms with Crippen molar-refractivity contribution in [1.29, 1.82) is 0 Å². The number of rotatable bonds is 6. The second-order valence-electron chi connectivity index (χ2n) is 6.89. The van der Waals surface area contributed by atoms with Crippen LogP contribution in [0.25, 0.3) is 0 Å². The van der Waals surface area contributed by atoms with Crippen molar-refractivity contribution >= 4 is 18.0 Å². The second-order valence-corrected chi connectivity index (χ2v) is 6.89. The van der Waals surface area contributed by atoms with Crippen molar-refractivity contribution in [3.63, 3.8) is 0 Å². The van der Waals surface area contributed by atoms with E-state index in [0.717, 1.165) is 4.90 Å². The van der Waals surface area contributed by atoms with E-state index in [-0.39, 0.29) is 13.0 Å². The van der Waals surface area contributed by atoms with Gasteiger partial charge in [-0.05, 0) is 47.0 Å². The molecule has 1 saturated heterocycles. The zero-order chi connectivity index (χ0) is 18.5.